The molecule has 1 aromatic carbocycles. The number of carbonyl (C=O) groups is 1. The highest BCUT2D eigenvalue weighted by Crippen LogP contribution is 2.25. The van der Waals surface area contributed by atoms with Crippen molar-refractivity contribution in [2.75, 3.05) is 12.4 Å². The lowest BCUT2D eigenvalue weighted by molar-refractivity contribution is -0.130. The summed E-state index contributed by atoms with van der Waals surface area (Å²) in [6.07, 6.45) is 5.15. The van der Waals surface area contributed by atoms with Crippen LogP contribution in [-0.2, 0) is 4.79 Å². The quantitative estimate of drug-likeness (QED) is 0.645. The van der Waals surface area contributed by atoms with E-state index in [0.29, 0.717) is 5.56 Å². The van der Waals surface area contributed by atoms with E-state index in [4.69, 9.17) is 0 Å². The molecule has 22 heavy (non-hydrogen) atoms. The van der Waals surface area contributed by atoms with E-state index >= 15 is 0 Å². The average molecular weight is 293 g/mol. The summed E-state index contributed by atoms with van der Waals surface area (Å²) in [5.74, 6) is -0.960. The summed E-state index contributed by atoms with van der Waals surface area (Å²) in [7, 11) is 1.82. The van der Waals surface area contributed by atoms with E-state index in [9.17, 15) is 9.90 Å². The first-order valence-electron chi connectivity index (χ1n) is 6.84. The minimum atomic E-state index is -0.960. The predicted octanol–water partition coefficient (Wildman–Crippen LogP) is 3.23. The van der Waals surface area contributed by atoms with Crippen LogP contribution in [0.3, 0.4) is 0 Å². The monoisotopic (exact) mass is 293 g/mol. The number of aliphatic carboxylic acids is 1. The molecule has 3 aromatic rings. The second kappa shape index (κ2) is 5.73. The van der Waals surface area contributed by atoms with Gasteiger partial charge in [-0.15, -0.1) is 0 Å². The second-order valence-corrected chi connectivity index (χ2v) is 4.84. The summed E-state index contributed by atoms with van der Waals surface area (Å²) >= 11 is 0. The van der Waals surface area contributed by atoms with Gasteiger partial charge < -0.3 is 15.4 Å². The van der Waals surface area contributed by atoms with Crippen LogP contribution >= 0.6 is 0 Å². The van der Waals surface area contributed by atoms with Crippen LogP contribution in [0, 0.1) is 0 Å². The van der Waals surface area contributed by atoms with Crippen LogP contribution < -0.4 is 5.32 Å². The molecule has 0 spiro atoms. The maximum Gasteiger partial charge on any atom is 0.336 e. The molecule has 0 fully saturated rings. The second-order valence-electron chi connectivity index (χ2n) is 4.84. The summed E-state index contributed by atoms with van der Waals surface area (Å²) in [6, 6.07) is 11.0. The van der Waals surface area contributed by atoms with Crippen molar-refractivity contribution >= 4 is 34.3 Å². The van der Waals surface area contributed by atoms with Crippen LogP contribution in [0.1, 0.15) is 11.1 Å². The van der Waals surface area contributed by atoms with Crippen LogP contribution in [0.4, 0.5) is 5.69 Å². The van der Waals surface area contributed by atoms with Gasteiger partial charge in [0.25, 0.3) is 0 Å². The molecular formula is C17H15N3O2. The Morgan fingerprint density at radius 2 is 2.09 bits per heavy atom. The van der Waals surface area contributed by atoms with E-state index in [-0.39, 0.29) is 5.57 Å². The normalized spacial score (nSPS) is 11.6. The number of rotatable bonds is 4. The molecule has 0 aliphatic carbocycles. The number of aromatic nitrogens is 2. The first-order valence-corrected chi connectivity index (χ1v) is 6.84. The summed E-state index contributed by atoms with van der Waals surface area (Å²) in [5, 5.41) is 13.4. The van der Waals surface area contributed by atoms with Gasteiger partial charge in [-0.05, 0) is 17.7 Å². The zero-order chi connectivity index (χ0) is 15.5. The molecule has 0 unspecified atom stereocenters. The molecule has 0 aliphatic rings. The summed E-state index contributed by atoms with van der Waals surface area (Å²) in [6.45, 7) is 0. The third kappa shape index (κ3) is 2.56. The molecule has 2 heterocycles. The third-order valence-corrected chi connectivity index (χ3v) is 3.47. The van der Waals surface area contributed by atoms with E-state index in [2.05, 4.69) is 15.3 Å². The fourth-order valence-electron chi connectivity index (χ4n) is 2.32. The average Bonchev–Trinajstić information content (AvgIpc) is 2.95. The van der Waals surface area contributed by atoms with E-state index in [1.165, 1.54) is 0 Å². The summed E-state index contributed by atoms with van der Waals surface area (Å²) < 4.78 is 0. The van der Waals surface area contributed by atoms with Crippen LogP contribution in [-0.4, -0.2) is 28.1 Å². The zero-order valence-corrected chi connectivity index (χ0v) is 12.0. The van der Waals surface area contributed by atoms with Crippen molar-refractivity contribution in [2.45, 2.75) is 0 Å². The molecular weight excluding hydrogens is 278 g/mol. The van der Waals surface area contributed by atoms with Crippen molar-refractivity contribution in [1.82, 2.24) is 9.97 Å². The summed E-state index contributed by atoms with van der Waals surface area (Å²) in [4.78, 5) is 18.9. The maximum atomic E-state index is 11.6. The van der Waals surface area contributed by atoms with Gasteiger partial charge in [-0.3, -0.25) is 0 Å². The van der Waals surface area contributed by atoms with Crippen LogP contribution in [0.5, 0.6) is 0 Å². The van der Waals surface area contributed by atoms with Gasteiger partial charge in [0, 0.05) is 24.2 Å². The number of carboxylic acids is 1. The fraction of sp³-hybridized carbons (Fsp3) is 0.0588. The number of hydrogen-bond donors (Lipinski definition) is 3. The Hall–Kier alpha value is -3.08. The molecule has 0 aliphatic heterocycles. The van der Waals surface area contributed by atoms with Crippen LogP contribution in [0.2, 0.25) is 0 Å². The minimum absolute atomic E-state index is 0.247. The highest BCUT2D eigenvalue weighted by atomic mass is 16.4. The molecule has 2 aromatic heterocycles. The van der Waals surface area contributed by atoms with Crippen LogP contribution in [0.25, 0.3) is 22.7 Å². The number of anilines is 1. The number of pyridine rings is 1. The van der Waals surface area contributed by atoms with Gasteiger partial charge in [0.1, 0.15) is 5.65 Å². The number of nitrogens with zero attached hydrogens (tertiary/aromatic N) is 1. The highest BCUT2D eigenvalue weighted by molar-refractivity contribution is 6.21. The molecule has 0 atom stereocenters. The van der Waals surface area contributed by atoms with Crippen molar-refractivity contribution < 1.29 is 9.90 Å². The molecule has 0 bridgehead atoms. The number of benzene rings is 1. The Balaban J connectivity index is 2.14. The van der Waals surface area contributed by atoms with E-state index in [1.807, 2.05) is 31.3 Å². The van der Waals surface area contributed by atoms with Gasteiger partial charge in [-0.1, -0.05) is 30.3 Å². The largest absolute Gasteiger partial charge is 0.478 e. The summed E-state index contributed by atoms with van der Waals surface area (Å²) in [5.41, 5.74) is 3.31. The van der Waals surface area contributed by atoms with Gasteiger partial charge in [0.05, 0.1) is 17.5 Å². The Bertz CT molecular complexity index is 851. The number of H-pyrrole nitrogens is 1. The molecule has 0 saturated heterocycles. The SMILES string of the molecule is CNc1cnc2[nH]cc(/C=C(/C(=O)O)c3ccccc3)c2c1. The lowest BCUT2D eigenvalue weighted by Crippen LogP contribution is -1.99. The molecule has 5 heteroatoms. The number of fused-ring (bicyclic) bond motifs is 1. The Kier molecular flexibility index (Phi) is 3.62. The van der Waals surface area contributed by atoms with Crippen LogP contribution in [0.15, 0.2) is 48.8 Å². The van der Waals surface area contributed by atoms with Crippen molar-refractivity contribution in [3.63, 3.8) is 0 Å². The molecule has 3 rings (SSSR count). The topological polar surface area (TPSA) is 78.0 Å². The zero-order valence-electron chi connectivity index (χ0n) is 12.0. The van der Waals surface area contributed by atoms with Gasteiger partial charge >= 0.3 is 5.97 Å². The molecule has 5 nitrogen and oxygen atoms in total. The van der Waals surface area contributed by atoms with Crippen molar-refractivity contribution in [3.8, 4) is 0 Å². The minimum Gasteiger partial charge on any atom is -0.478 e. The number of aromatic amines is 1. The highest BCUT2D eigenvalue weighted by Gasteiger charge is 2.12. The first-order chi connectivity index (χ1) is 10.7. The number of nitrogens with one attached hydrogen (secondary N) is 2. The standard InChI is InChI=1S/C17H15N3O2/c1-18-13-8-14-12(9-19-16(14)20-10-13)7-15(17(21)22)11-5-3-2-4-6-11/h2-10,18H,1H3,(H,19,20)(H,21,22)/b15-7+. The van der Waals surface area contributed by atoms with E-state index in [1.54, 1.807) is 30.6 Å². The van der Waals surface area contributed by atoms with Gasteiger partial charge in [-0.25, -0.2) is 9.78 Å². The molecule has 0 amide bonds. The smallest absolute Gasteiger partial charge is 0.336 e. The van der Waals surface area contributed by atoms with Crippen molar-refractivity contribution in [1.29, 1.82) is 0 Å². The first kappa shape index (κ1) is 13.9. The fourth-order valence-corrected chi connectivity index (χ4v) is 2.32. The number of carboxylic acid groups (broad SMARTS) is 1. The Morgan fingerprint density at radius 3 is 2.77 bits per heavy atom. The van der Waals surface area contributed by atoms with Crippen molar-refractivity contribution in [2.24, 2.45) is 0 Å². The van der Waals surface area contributed by atoms with Gasteiger partial charge in [-0.2, -0.15) is 0 Å². The lowest BCUT2D eigenvalue weighted by atomic mass is 10.0. The van der Waals surface area contributed by atoms with Gasteiger partial charge in [0.15, 0.2) is 0 Å². The molecule has 0 radical (unpaired) electrons. The molecule has 110 valence electrons. The molecule has 0 saturated carbocycles. The predicted molar refractivity (Wildman–Crippen MR) is 87.6 cm³/mol. The van der Waals surface area contributed by atoms with Crippen molar-refractivity contribution in [3.05, 3.63) is 59.9 Å². The lowest BCUT2D eigenvalue weighted by Gasteiger charge is -2.03. The van der Waals surface area contributed by atoms with Gasteiger partial charge in [0.2, 0.25) is 0 Å². The maximum absolute atomic E-state index is 11.6. The van der Waals surface area contributed by atoms with E-state index in [0.717, 1.165) is 22.3 Å². The molecule has 3 N–H and O–H groups in total. The Morgan fingerprint density at radius 1 is 1.32 bits per heavy atom. The number of hydrogen-bond acceptors (Lipinski definition) is 3. The third-order valence-electron chi connectivity index (χ3n) is 3.47. The van der Waals surface area contributed by atoms with E-state index < -0.39 is 5.97 Å². The Labute approximate surface area is 127 Å².